The van der Waals surface area contributed by atoms with Crippen LogP contribution in [0, 0.1) is 20.8 Å². The van der Waals surface area contributed by atoms with Gasteiger partial charge >= 0.3 is 0 Å². The average molecular weight is 309 g/mol. The third-order valence-corrected chi connectivity index (χ3v) is 3.83. The molecular formula is C13H13BrN2S. The van der Waals surface area contributed by atoms with Gasteiger partial charge in [-0.3, -0.25) is 0 Å². The van der Waals surface area contributed by atoms with E-state index in [-0.39, 0.29) is 0 Å². The lowest BCUT2D eigenvalue weighted by Crippen LogP contribution is -1.91. The number of nitrogens with zero attached hydrogens (tertiary/aromatic N) is 2. The van der Waals surface area contributed by atoms with Crippen molar-refractivity contribution in [2.24, 2.45) is 0 Å². The molecule has 0 saturated carbocycles. The molecule has 2 nitrogen and oxygen atoms in total. The van der Waals surface area contributed by atoms with E-state index in [1.165, 1.54) is 16.0 Å². The minimum absolute atomic E-state index is 0.784. The van der Waals surface area contributed by atoms with Gasteiger partial charge in [-0.25, -0.2) is 9.97 Å². The van der Waals surface area contributed by atoms with E-state index in [2.05, 4.69) is 57.9 Å². The molecule has 88 valence electrons. The van der Waals surface area contributed by atoms with Gasteiger partial charge in [0, 0.05) is 11.0 Å². The lowest BCUT2D eigenvalue weighted by molar-refractivity contribution is 0.950. The van der Waals surface area contributed by atoms with E-state index < -0.39 is 0 Å². The van der Waals surface area contributed by atoms with E-state index in [1.807, 2.05) is 13.0 Å². The molecule has 0 aliphatic carbocycles. The zero-order valence-corrected chi connectivity index (χ0v) is 12.4. The highest BCUT2D eigenvalue weighted by Crippen LogP contribution is 2.30. The fraction of sp³-hybridized carbons (Fsp3) is 0.231. The third kappa shape index (κ3) is 3.30. The van der Waals surface area contributed by atoms with Crippen LogP contribution in [0.5, 0.6) is 0 Å². The molecule has 0 N–H and O–H groups in total. The van der Waals surface area contributed by atoms with Gasteiger partial charge in [0.25, 0.3) is 0 Å². The molecule has 0 atom stereocenters. The highest BCUT2D eigenvalue weighted by atomic mass is 79.9. The highest BCUT2D eigenvalue weighted by molar-refractivity contribution is 9.10. The molecule has 0 aliphatic heterocycles. The van der Waals surface area contributed by atoms with Crippen LogP contribution in [0.15, 0.2) is 38.8 Å². The Hall–Kier alpha value is -0.870. The predicted molar refractivity (Wildman–Crippen MR) is 74.5 cm³/mol. The first-order valence-electron chi connectivity index (χ1n) is 5.31. The molecule has 1 aromatic heterocycles. The van der Waals surface area contributed by atoms with Crippen LogP contribution in [0.2, 0.25) is 0 Å². The van der Waals surface area contributed by atoms with Gasteiger partial charge in [0.2, 0.25) is 0 Å². The summed E-state index contributed by atoms with van der Waals surface area (Å²) in [5.41, 5.74) is 2.54. The van der Waals surface area contributed by atoms with Crippen LogP contribution in [0.3, 0.4) is 0 Å². The summed E-state index contributed by atoms with van der Waals surface area (Å²) >= 11 is 5.07. The number of aryl methyl sites for hydroxylation is 3. The Labute approximate surface area is 114 Å². The van der Waals surface area contributed by atoms with Gasteiger partial charge in [-0.05, 0) is 53.9 Å². The second-order valence-electron chi connectivity index (χ2n) is 3.95. The van der Waals surface area contributed by atoms with Crippen LogP contribution in [-0.2, 0) is 0 Å². The molecule has 0 amide bonds. The van der Waals surface area contributed by atoms with Crippen LogP contribution in [0.25, 0.3) is 0 Å². The minimum Gasteiger partial charge on any atom is -0.226 e. The molecule has 4 heteroatoms. The van der Waals surface area contributed by atoms with Crippen LogP contribution in [0.4, 0.5) is 0 Å². The van der Waals surface area contributed by atoms with Crippen LogP contribution in [-0.4, -0.2) is 9.97 Å². The summed E-state index contributed by atoms with van der Waals surface area (Å²) in [4.78, 5) is 9.88. The fourth-order valence-electron chi connectivity index (χ4n) is 1.49. The van der Waals surface area contributed by atoms with Crippen molar-refractivity contribution in [3.8, 4) is 0 Å². The Balaban J connectivity index is 2.34. The number of hydrogen-bond acceptors (Lipinski definition) is 3. The zero-order chi connectivity index (χ0) is 12.4. The summed E-state index contributed by atoms with van der Waals surface area (Å²) in [6.45, 7) is 6.12. The second kappa shape index (κ2) is 5.19. The number of rotatable bonds is 2. The Bertz CT molecular complexity index is 535. The van der Waals surface area contributed by atoms with Crippen LogP contribution in [0.1, 0.15) is 17.0 Å². The molecule has 1 heterocycles. The smallest absolute Gasteiger partial charge is 0.127 e. The molecule has 2 rings (SSSR count). The molecule has 0 saturated heterocycles. The monoisotopic (exact) mass is 308 g/mol. The Morgan fingerprint density at radius 3 is 2.53 bits per heavy atom. The molecular weight excluding hydrogens is 296 g/mol. The van der Waals surface area contributed by atoms with E-state index in [9.17, 15) is 0 Å². The Morgan fingerprint density at radius 2 is 1.82 bits per heavy atom. The van der Waals surface area contributed by atoms with Gasteiger partial charge in [-0.15, -0.1) is 0 Å². The maximum absolute atomic E-state index is 4.42. The van der Waals surface area contributed by atoms with Gasteiger partial charge < -0.3 is 0 Å². The van der Waals surface area contributed by atoms with Crippen molar-refractivity contribution in [1.29, 1.82) is 0 Å². The quantitative estimate of drug-likeness (QED) is 0.773. The van der Waals surface area contributed by atoms with Crippen LogP contribution < -0.4 is 0 Å². The molecule has 2 aromatic rings. The normalized spacial score (nSPS) is 10.6. The topological polar surface area (TPSA) is 25.8 Å². The summed E-state index contributed by atoms with van der Waals surface area (Å²) in [5.74, 6) is 0.784. The number of benzene rings is 1. The van der Waals surface area contributed by atoms with Crippen molar-refractivity contribution in [2.75, 3.05) is 0 Å². The summed E-state index contributed by atoms with van der Waals surface area (Å²) in [6.07, 6.45) is 0. The summed E-state index contributed by atoms with van der Waals surface area (Å²) in [6, 6.07) is 8.39. The molecule has 0 fully saturated rings. The predicted octanol–water partition coefficient (Wildman–Crippen LogP) is 4.32. The fourth-order valence-corrected chi connectivity index (χ4v) is 3.16. The van der Waals surface area contributed by atoms with Crippen molar-refractivity contribution in [2.45, 2.75) is 30.7 Å². The molecule has 0 radical (unpaired) electrons. The number of hydrogen-bond donors (Lipinski definition) is 0. The number of aromatic nitrogens is 2. The lowest BCUT2D eigenvalue weighted by Gasteiger charge is -2.06. The molecule has 0 spiro atoms. The summed E-state index contributed by atoms with van der Waals surface area (Å²) in [5, 5.41) is 0.970. The summed E-state index contributed by atoms with van der Waals surface area (Å²) in [7, 11) is 0. The minimum atomic E-state index is 0.784. The van der Waals surface area contributed by atoms with Crippen molar-refractivity contribution in [3.05, 3.63) is 45.8 Å². The van der Waals surface area contributed by atoms with E-state index in [0.29, 0.717) is 0 Å². The standard InChI is InChI=1S/C13H13BrN2S/c1-8-4-5-9(2)11(6-8)17-13-7-12(14)15-10(3)16-13/h4-7H,1-3H3. The second-order valence-corrected chi connectivity index (χ2v) is 5.82. The van der Waals surface area contributed by atoms with E-state index in [0.717, 1.165) is 15.5 Å². The van der Waals surface area contributed by atoms with Crippen molar-refractivity contribution < 1.29 is 0 Å². The summed E-state index contributed by atoms with van der Waals surface area (Å²) < 4.78 is 0.831. The van der Waals surface area contributed by atoms with Crippen molar-refractivity contribution in [3.63, 3.8) is 0 Å². The van der Waals surface area contributed by atoms with Crippen molar-refractivity contribution >= 4 is 27.7 Å². The molecule has 17 heavy (non-hydrogen) atoms. The first kappa shape index (κ1) is 12.6. The molecule has 1 aromatic carbocycles. The SMILES string of the molecule is Cc1ccc(C)c(Sc2cc(Br)nc(C)n2)c1. The Morgan fingerprint density at radius 1 is 1.06 bits per heavy atom. The highest BCUT2D eigenvalue weighted by Gasteiger charge is 2.05. The van der Waals surface area contributed by atoms with E-state index in [4.69, 9.17) is 0 Å². The third-order valence-electron chi connectivity index (χ3n) is 2.34. The maximum Gasteiger partial charge on any atom is 0.127 e. The first-order chi connectivity index (χ1) is 8.04. The molecule has 0 aliphatic rings. The number of halogens is 1. The van der Waals surface area contributed by atoms with Gasteiger partial charge in [0.1, 0.15) is 15.5 Å². The lowest BCUT2D eigenvalue weighted by atomic mass is 10.2. The van der Waals surface area contributed by atoms with E-state index >= 15 is 0 Å². The van der Waals surface area contributed by atoms with Gasteiger partial charge in [-0.2, -0.15) is 0 Å². The maximum atomic E-state index is 4.42. The largest absolute Gasteiger partial charge is 0.226 e. The zero-order valence-electron chi connectivity index (χ0n) is 9.99. The van der Waals surface area contributed by atoms with Gasteiger partial charge in [-0.1, -0.05) is 23.9 Å². The average Bonchev–Trinajstić information content (AvgIpc) is 2.22. The van der Waals surface area contributed by atoms with Gasteiger partial charge in [0.15, 0.2) is 0 Å². The Kier molecular flexibility index (Phi) is 3.84. The van der Waals surface area contributed by atoms with E-state index in [1.54, 1.807) is 11.8 Å². The van der Waals surface area contributed by atoms with Crippen LogP contribution >= 0.6 is 27.7 Å². The molecule has 0 unspecified atom stereocenters. The van der Waals surface area contributed by atoms with Crippen molar-refractivity contribution in [1.82, 2.24) is 9.97 Å². The first-order valence-corrected chi connectivity index (χ1v) is 6.92. The molecule has 0 bridgehead atoms. The van der Waals surface area contributed by atoms with Gasteiger partial charge in [0.05, 0.1) is 0 Å².